The zero-order valence-electron chi connectivity index (χ0n) is 15.4. The minimum absolute atomic E-state index is 0.637. The van der Waals surface area contributed by atoms with Gasteiger partial charge < -0.3 is 10.2 Å². The molecule has 0 radical (unpaired) electrons. The maximum Gasteiger partial charge on any atom is 0.156 e. The van der Waals surface area contributed by atoms with Crippen LogP contribution in [0, 0.1) is 0 Å². The number of rotatable bonds is 3. The van der Waals surface area contributed by atoms with Gasteiger partial charge in [-0.05, 0) is 36.8 Å². The molecule has 6 nitrogen and oxygen atoms in total. The number of fused-ring (bicyclic) bond motifs is 3. The first-order valence-corrected chi connectivity index (χ1v) is 9.71. The van der Waals surface area contributed by atoms with Crippen molar-refractivity contribution in [1.29, 1.82) is 0 Å². The third-order valence-electron chi connectivity index (χ3n) is 5.89. The average Bonchev–Trinajstić information content (AvgIpc) is 3.49. The highest BCUT2D eigenvalue weighted by atomic mass is 15.3. The molecule has 1 aromatic carbocycles. The number of nitrogens with zero attached hydrogens (tertiary/aromatic N) is 5. The van der Waals surface area contributed by atoms with Gasteiger partial charge in [0.1, 0.15) is 0 Å². The summed E-state index contributed by atoms with van der Waals surface area (Å²) in [6.45, 7) is 2.21. The van der Waals surface area contributed by atoms with Gasteiger partial charge in [-0.1, -0.05) is 12.1 Å². The van der Waals surface area contributed by atoms with Crippen LogP contribution in [0.25, 0.3) is 28.2 Å². The molecule has 2 aliphatic rings. The first-order chi connectivity index (χ1) is 13.8. The number of benzene rings is 1. The monoisotopic (exact) mass is 368 g/mol. The highest BCUT2D eigenvalue weighted by Crippen LogP contribution is 2.31. The standard InChI is InChI=1S/C22H20N6/c1-3-18(27-14-17-11-19(27)13-25-17)4-2-16(1)21-7-10-24-22-12-20(26-28(21)22)15-5-8-23-9-6-15/h1-10,12,17,19,25H,11,13-14H2. The molecule has 28 heavy (non-hydrogen) atoms. The zero-order chi connectivity index (χ0) is 18.5. The van der Waals surface area contributed by atoms with E-state index < -0.39 is 0 Å². The fraction of sp³-hybridized carbons (Fsp3) is 0.227. The van der Waals surface area contributed by atoms with E-state index in [-0.39, 0.29) is 0 Å². The largest absolute Gasteiger partial charge is 0.366 e. The first kappa shape index (κ1) is 15.8. The minimum Gasteiger partial charge on any atom is -0.366 e. The molecule has 2 fully saturated rings. The van der Waals surface area contributed by atoms with Gasteiger partial charge in [0.25, 0.3) is 0 Å². The van der Waals surface area contributed by atoms with Crippen LogP contribution in [0.15, 0.2) is 67.1 Å². The van der Waals surface area contributed by atoms with Gasteiger partial charge in [0.2, 0.25) is 0 Å². The maximum absolute atomic E-state index is 4.80. The summed E-state index contributed by atoms with van der Waals surface area (Å²) in [5.74, 6) is 0. The molecule has 6 heteroatoms. The molecule has 0 amide bonds. The Labute approximate surface area is 162 Å². The third kappa shape index (κ3) is 2.49. The van der Waals surface area contributed by atoms with Gasteiger partial charge >= 0.3 is 0 Å². The fourth-order valence-electron chi connectivity index (χ4n) is 4.48. The molecule has 2 bridgehead atoms. The zero-order valence-corrected chi connectivity index (χ0v) is 15.4. The van der Waals surface area contributed by atoms with Crippen molar-refractivity contribution in [3.8, 4) is 22.5 Å². The lowest BCUT2D eigenvalue weighted by Crippen LogP contribution is -2.43. The summed E-state index contributed by atoms with van der Waals surface area (Å²) < 4.78 is 1.92. The second-order valence-electron chi connectivity index (χ2n) is 7.56. The fourth-order valence-corrected chi connectivity index (χ4v) is 4.48. The van der Waals surface area contributed by atoms with Gasteiger partial charge in [0.05, 0.1) is 11.4 Å². The molecule has 2 atom stereocenters. The summed E-state index contributed by atoms with van der Waals surface area (Å²) in [7, 11) is 0. The third-order valence-corrected chi connectivity index (χ3v) is 5.89. The van der Waals surface area contributed by atoms with Crippen LogP contribution >= 0.6 is 0 Å². The Morgan fingerprint density at radius 3 is 2.54 bits per heavy atom. The van der Waals surface area contributed by atoms with Gasteiger partial charge in [0.15, 0.2) is 5.65 Å². The van der Waals surface area contributed by atoms with E-state index in [1.807, 2.05) is 35.0 Å². The molecule has 0 saturated carbocycles. The lowest BCUT2D eigenvalue weighted by atomic mass is 10.1. The van der Waals surface area contributed by atoms with Crippen molar-refractivity contribution in [1.82, 2.24) is 24.9 Å². The summed E-state index contributed by atoms with van der Waals surface area (Å²) in [4.78, 5) is 11.1. The Morgan fingerprint density at radius 1 is 0.929 bits per heavy atom. The molecule has 0 spiro atoms. The molecular formula is C22H20N6. The number of nitrogens with one attached hydrogen (secondary N) is 1. The van der Waals surface area contributed by atoms with Crippen molar-refractivity contribution >= 4 is 11.3 Å². The van der Waals surface area contributed by atoms with Crippen molar-refractivity contribution in [3.05, 3.63) is 67.1 Å². The van der Waals surface area contributed by atoms with E-state index in [1.165, 1.54) is 12.1 Å². The van der Waals surface area contributed by atoms with Crippen LogP contribution in [0.4, 0.5) is 5.69 Å². The number of piperazine rings is 1. The van der Waals surface area contributed by atoms with E-state index in [9.17, 15) is 0 Å². The van der Waals surface area contributed by atoms with Crippen molar-refractivity contribution in [2.75, 3.05) is 18.0 Å². The Hall–Kier alpha value is -3.25. The van der Waals surface area contributed by atoms with Gasteiger partial charge in [-0.15, -0.1) is 0 Å². The number of anilines is 1. The van der Waals surface area contributed by atoms with Crippen LogP contribution in [0.5, 0.6) is 0 Å². The average molecular weight is 368 g/mol. The van der Waals surface area contributed by atoms with Gasteiger partial charge in [-0.2, -0.15) is 5.10 Å². The van der Waals surface area contributed by atoms with E-state index in [2.05, 4.69) is 44.5 Å². The number of pyridine rings is 1. The van der Waals surface area contributed by atoms with Crippen molar-refractivity contribution in [2.24, 2.45) is 0 Å². The molecule has 3 aromatic heterocycles. The highest BCUT2D eigenvalue weighted by Gasteiger charge is 2.37. The predicted octanol–water partition coefficient (Wildman–Crippen LogP) is 3.01. The van der Waals surface area contributed by atoms with Gasteiger partial charge in [-0.3, -0.25) is 4.98 Å². The number of hydrogen-bond acceptors (Lipinski definition) is 5. The summed E-state index contributed by atoms with van der Waals surface area (Å²) in [6, 6.07) is 18.1. The Balaban J connectivity index is 1.37. The second kappa shape index (κ2) is 6.14. The van der Waals surface area contributed by atoms with Crippen LogP contribution in [0.3, 0.4) is 0 Å². The van der Waals surface area contributed by atoms with Crippen LogP contribution < -0.4 is 10.2 Å². The molecular weight excluding hydrogens is 348 g/mol. The lowest BCUT2D eigenvalue weighted by molar-refractivity contribution is 0.580. The summed E-state index contributed by atoms with van der Waals surface area (Å²) in [5, 5.41) is 8.36. The second-order valence-corrected chi connectivity index (χ2v) is 7.56. The molecule has 2 saturated heterocycles. The molecule has 6 rings (SSSR count). The Kier molecular flexibility index (Phi) is 3.46. The summed E-state index contributed by atoms with van der Waals surface area (Å²) in [5.41, 5.74) is 6.28. The minimum atomic E-state index is 0.637. The summed E-state index contributed by atoms with van der Waals surface area (Å²) in [6.07, 6.45) is 6.68. The van der Waals surface area contributed by atoms with E-state index >= 15 is 0 Å². The normalized spacial score (nSPS) is 20.9. The number of hydrogen-bond donors (Lipinski definition) is 1. The van der Waals surface area contributed by atoms with Crippen molar-refractivity contribution in [2.45, 2.75) is 18.5 Å². The van der Waals surface area contributed by atoms with Gasteiger partial charge in [-0.25, -0.2) is 9.50 Å². The molecule has 4 aromatic rings. The molecule has 0 aliphatic carbocycles. The van der Waals surface area contributed by atoms with Crippen LogP contribution in [-0.4, -0.2) is 44.8 Å². The SMILES string of the molecule is c1cc(-c2cc3nccc(-c4ccc(N5CC6CC5CN6)cc4)n3n2)ccn1. The molecule has 2 unspecified atom stereocenters. The van der Waals surface area contributed by atoms with E-state index in [4.69, 9.17) is 5.10 Å². The van der Waals surface area contributed by atoms with Crippen LogP contribution in [-0.2, 0) is 0 Å². The predicted molar refractivity (Wildman–Crippen MR) is 109 cm³/mol. The lowest BCUT2D eigenvalue weighted by Gasteiger charge is -2.29. The maximum atomic E-state index is 4.80. The molecule has 1 N–H and O–H groups in total. The summed E-state index contributed by atoms with van der Waals surface area (Å²) >= 11 is 0. The van der Waals surface area contributed by atoms with Crippen molar-refractivity contribution < 1.29 is 0 Å². The van der Waals surface area contributed by atoms with Crippen LogP contribution in [0.2, 0.25) is 0 Å². The molecule has 2 aliphatic heterocycles. The van der Waals surface area contributed by atoms with Crippen LogP contribution in [0.1, 0.15) is 6.42 Å². The highest BCUT2D eigenvalue weighted by molar-refractivity contribution is 5.69. The Morgan fingerprint density at radius 2 is 1.79 bits per heavy atom. The molecule has 5 heterocycles. The number of aromatic nitrogens is 4. The van der Waals surface area contributed by atoms with E-state index in [0.29, 0.717) is 12.1 Å². The molecule has 138 valence electrons. The van der Waals surface area contributed by atoms with E-state index in [0.717, 1.165) is 41.3 Å². The first-order valence-electron chi connectivity index (χ1n) is 9.71. The smallest absolute Gasteiger partial charge is 0.156 e. The van der Waals surface area contributed by atoms with Gasteiger partial charge in [0, 0.05) is 66.6 Å². The van der Waals surface area contributed by atoms with Crippen molar-refractivity contribution in [3.63, 3.8) is 0 Å². The topological polar surface area (TPSA) is 58.4 Å². The Bertz CT molecular complexity index is 1130. The quantitative estimate of drug-likeness (QED) is 0.602. The van der Waals surface area contributed by atoms with E-state index in [1.54, 1.807) is 12.4 Å².